The molecule has 5 heteroatoms. The summed E-state index contributed by atoms with van der Waals surface area (Å²) in [7, 11) is 3.77. The molecule has 2 rings (SSSR count). The van der Waals surface area contributed by atoms with E-state index >= 15 is 0 Å². The van der Waals surface area contributed by atoms with Crippen LogP contribution in [0, 0.1) is 5.92 Å². The minimum atomic E-state index is -0.153. The zero-order valence-electron chi connectivity index (χ0n) is 11.0. The van der Waals surface area contributed by atoms with Crippen LogP contribution in [0.1, 0.15) is 29.0 Å². The predicted molar refractivity (Wildman–Crippen MR) is 69.3 cm³/mol. The van der Waals surface area contributed by atoms with E-state index in [1.165, 1.54) is 25.7 Å². The maximum atomic E-state index is 11.5. The van der Waals surface area contributed by atoms with E-state index in [4.69, 9.17) is 0 Å². The Labute approximate surface area is 108 Å². The van der Waals surface area contributed by atoms with Gasteiger partial charge in [0.05, 0.1) is 0 Å². The second-order valence-electron chi connectivity index (χ2n) is 4.95. The summed E-state index contributed by atoms with van der Waals surface area (Å²) in [6.07, 6.45) is 4.89. The molecule has 0 saturated carbocycles. The lowest BCUT2D eigenvalue weighted by Crippen LogP contribution is -2.33. The lowest BCUT2D eigenvalue weighted by molar-refractivity contribution is 0.0957. The van der Waals surface area contributed by atoms with E-state index in [-0.39, 0.29) is 5.91 Å². The minimum Gasteiger partial charge on any atom is -0.354 e. The first-order valence-electron chi connectivity index (χ1n) is 6.40. The molecule has 1 aromatic rings. The molecule has 0 aromatic carbocycles. The Hall–Kier alpha value is -1.49. The fraction of sp³-hybridized carbons (Fsp3) is 0.615. The topological polar surface area (TPSA) is 58.1 Å². The normalized spacial score (nSPS) is 20.7. The van der Waals surface area contributed by atoms with Crippen molar-refractivity contribution in [2.24, 2.45) is 5.92 Å². The van der Waals surface area contributed by atoms with Gasteiger partial charge in [0.25, 0.3) is 5.91 Å². The second kappa shape index (κ2) is 5.91. The second-order valence-corrected chi connectivity index (χ2v) is 4.95. The highest BCUT2D eigenvalue weighted by molar-refractivity contribution is 5.91. The fourth-order valence-electron chi connectivity index (χ4n) is 2.50. The van der Waals surface area contributed by atoms with Crippen molar-refractivity contribution in [3.63, 3.8) is 0 Å². The molecule has 0 unspecified atom stereocenters. The zero-order chi connectivity index (χ0) is 13.0. The van der Waals surface area contributed by atoms with Gasteiger partial charge in [-0.15, -0.1) is 0 Å². The Morgan fingerprint density at radius 2 is 2.39 bits per heavy atom. The number of piperidine rings is 1. The summed E-state index contributed by atoms with van der Waals surface area (Å²) in [5, 5.41) is 2.58. The Balaban J connectivity index is 2.02. The first-order valence-corrected chi connectivity index (χ1v) is 6.40. The van der Waals surface area contributed by atoms with Gasteiger partial charge in [0, 0.05) is 19.3 Å². The molecule has 5 nitrogen and oxygen atoms in total. The first-order chi connectivity index (χ1) is 8.69. The molecular weight excluding hydrogens is 228 g/mol. The van der Waals surface area contributed by atoms with Crippen LogP contribution in [0.3, 0.4) is 0 Å². The van der Waals surface area contributed by atoms with E-state index in [0.29, 0.717) is 11.6 Å². The van der Waals surface area contributed by atoms with Gasteiger partial charge in [-0.1, -0.05) is 0 Å². The third-order valence-corrected chi connectivity index (χ3v) is 3.40. The minimum absolute atomic E-state index is 0.153. The van der Waals surface area contributed by atoms with Gasteiger partial charge in [-0.25, -0.2) is 9.97 Å². The van der Waals surface area contributed by atoms with Crippen molar-refractivity contribution in [3.05, 3.63) is 23.8 Å². The molecule has 1 amide bonds. The molecule has 1 N–H and O–H groups in total. The van der Waals surface area contributed by atoms with Crippen LogP contribution < -0.4 is 5.32 Å². The molecule has 98 valence electrons. The Kier molecular flexibility index (Phi) is 4.25. The maximum absolute atomic E-state index is 11.5. The van der Waals surface area contributed by atoms with Crippen molar-refractivity contribution in [1.82, 2.24) is 20.2 Å². The fourth-order valence-corrected chi connectivity index (χ4v) is 2.50. The number of carbonyl (C=O) groups is 1. The molecule has 2 heterocycles. The van der Waals surface area contributed by atoms with Crippen molar-refractivity contribution in [2.45, 2.75) is 19.3 Å². The van der Waals surface area contributed by atoms with Crippen molar-refractivity contribution >= 4 is 5.91 Å². The van der Waals surface area contributed by atoms with Gasteiger partial charge in [-0.05, 0) is 44.8 Å². The average Bonchev–Trinajstić information content (AvgIpc) is 2.38. The number of hydrogen-bond acceptors (Lipinski definition) is 4. The van der Waals surface area contributed by atoms with Gasteiger partial charge in [0.2, 0.25) is 0 Å². The summed E-state index contributed by atoms with van der Waals surface area (Å²) >= 11 is 0. The number of amides is 1. The smallest absolute Gasteiger partial charge is 0.269 e. The monoisotopic (exact) mass is 248 g/mol. The molecule has 0 aliphatic carbocycles. The quantitative estimate of drug-likeness (QED) is 0.856. The van der Waals surface area contributed by atoms with Crippen molar-refractivity contribution < 1.29 is 4.79 Å². The highest BCUT2D eigenvalue weighted by Gasteiger charge is 2.18. The summed E-state index contributed by atoms with van der Waals surface area (Å²) in [5.41, 5.74) is 1.41. The lowest BCUT2D eigenvalue weighted by Gasteiger charge is -2.29. The van der Waals surface area contributed by atoms with E-state index in [9.17, 15) is 4.79 Å². The van der Waals surface area contributed by atoms with Crippen LogP contribution in [-0.4, -0.2) is 48.0 Å². The van der Waals surface area contributed by atoms with E-state index in [0.717, 1.165) is 18.7 Å². The number of rotatable bonds is 3. The molecule has 1 saturated heterocycles. The first kappa shape index (κ1) is 13.0. The summed E-state index contributed by atoms with van der Waals surface area (Å²) in [4.78, 5) is 22.1. The van der Waals surface area contributed by atoms with Gasteiger partial charge in [0.1, 0.15) is 12.0 Å². The van der Waals surface area contributed by atoms with Crippen LogP contribution in [-0.2, 0) is 6.42 Å². The number of carbonyl (C=O) groups excluding carboxylic acids is 1. The highest BCUT2D eigenvalue weighted by Crippen LogP contribution is 2.19. The van der Waals surface area contributed by atoms with E-state index in [1.54, 1.807) is 13.1 Å². The zero-order valence-corrected chi connectivity index (χ0v) is 11.0. The molecule has 18 heavy (non-hydrogen) atoms. The summed E-state index contributed by atoms with van der Waals surface area (Å²) in [6.45, 7) is 2.29. The standard InChI is InChI=1S/C13H20N4O/c1-14-13(18)12-7-11(15-9-16-12)6-10-4-3-5-17(2)8-10/h7,9-10H,3-6,8H2,1-2H3,(H,14,18)/t10-/m0/s1. The molecule has 1 fully saturated rings. The maximum Gasteiger partial charge on any atom is 0.269 e. The molecule has 0 bridgehead atoms. The Bertz CT molecular complexity index is 421. The molecule has 1 aliphatic heterocycles. The van der Waals surface area contributed by atoms with Gasteiger partial charge in [-0.2, -0.15) is 0 Å². The SMILES string of the molecule is CNC(=O)c1cc(C[C@@H]2CCCN(C)C2)ncn1. The third-order valence-electron chi connectivity index (χ3n) is 3.40. The lowest BCUT2D eigenvalue weighted by atomic mass is 9.93. The summed E-state index contributed by atoms with van der Waals surface area (Å²) in [6, 6.07) is 1.80. The molecular formula is C13H20N4O. The number of likely N-dealkylation sites (tertiary alicyclic amines) is 1. The largest absolute Gasteiger partial charge is 0.354 e. The molecule has 1 atom stereocenters. The van der Waals surface area contributed by atoms with E-state index < -0.39 is 0 Å². The summed E-state index contributed by atoms with van der Waals surface area (Å²) < 4.78 is 0. The van der Waals surface area contributed by atoms with Gasteiger partial charge < -0.3 is 10.2 Å². The van der Waals surface area contributed by atoms with E-state index in [2.05, 4.69) is 27.2 Å². The van der Waals surface area contributed by atoms with Crippen molar-refractivity contribution in [1.29, 1.82) is 0 Å². The molecule has 0 spiro atoms. The number of nitrogens with zero attached hydrogens (tertiary/aromatic N) is 3. The number of hydrogen-bond donors (Lipinski definition) is 1. The molecule has 1 aliphatic rings. The predicted octanol–water partition coefficient (Wildman–Crippen LogP) is 0.720. The van der Waals surface area contributed by atoms with E-state index in [1.807, 2.05) is 0 Å². The average molecular weight is 248 g/mol. The molecule has 1 aromatic heterocycles. The van der Waals surface area contributed by atoms with Crippen LogP contribution >= 0.6 is 0 Å². The van der Waals surface area contributed by atoms with Gasteiger partial charge in [-0.3, -0.25) is 4.79 Å². The van der Waals surface area contributed by atoms with Crippen LogP contribution in [0.2, 0.25) is 0 Å². The van der Waals surface area contributed by atoms with Crippen LogP contribution in [0.25, 0.3) is 0 Å². The Morgan fingerprint density at radius 1 is 1.56 bits per heavy atom. The molecule has 0 radical (unpaired) electrons. The van der Waals surface area contributed by atoms with Crippen LogP contribution in [0.4, 0.5) is 0 Å². The van der Waals surface area contributed by atoms with Crippen LogP contribution in [0.5, 0.6) is 0 Å². The van der Waals surface area contributed by atoms with Gasteiger partial charge >= 0.3 is 0 Å². The number of nitrogens with one attached hydrogen (secondary N) is 1. The van der Waals surface area contributed by atoms with Crippen molar-refractivity contribution in [2.75, 3.05) is 27.2 Å². The highest BCUT2D eigenvalue weighted by atomic mass is 16.1. The van der Waals surface area contributed by atoms with Crippen molar-refractivity contribution in [3.8, 4) is 0 Å². The third kappa shape index (κ3) is 3.26. The summed E-state index contributed by atoms with van der Waals surface area (Å²) in [5.74, 6) is 0.482. The van der Waals surface area contributed by atoms with Crippen LogP contribution in [0.15, 0.2) is 12.4 Å². The Morgan fingerprint density at radius 3 is 3.11 bits per heavy atom. The number of aromatic nitrogens is 2. The van der Waals surface area contributed by atoms with Gasteiger partial charge in [0.15, 0.2) is 0 Å².